The number of benzene rings is 1. The molecule has 1 heterocycles. The SMILES string of the molecule is OC(c1cc(Cl)ccc1I)c1ccc(C(F)(F)F)nc1Cl. The topological polar surface area (TPSA) is 33.1 Å². The third kappa shape index (κ3) is 3.80. The second-order valence-electron chi connectivity index (χ2n) is 4.14. The van der Waals surface area contributed by atoms with Gasteiger partial charge >= 0.3 is 6.18 Å². The summed E-state index contributed by atoms with van der Waals surface area (Å²) in [4.78, 5) is 3.29. The minimum atomic E-state index is -4.59. The second-order valence-corrected chi connectivity index (χ2v) is 6.10. The Bertz CT molecular complexity index is 679. The number of aliphatic hydroxyl groups excluding tert-OH is 1. The highest BCUT2D eigenvalue weighted by Crippen LogP contribution is 2.34. The predicted molar refractivity (Wildman–Crippen MR) is 82.5 cm³/mol. The van der Waals surface area contributed by atoms with E-state index in [2.05, 4.69) is 4.98 Å². The number of alkyl halides is 3. The average molecular weight is 448 g/mol. The molecule has 0 saturated heterocycles. The molecule has 8 heteroatoms. The predicted octanol–water partition coefficient (Wildman–Crippen LogP) is 5.09. The van der Waals surface area contributed by atoms with E-state index in [1.54, 1.807) is 12.1 Å². The number of halogens is 6. The fraction of sp³-hybridized carbons (Fsp3) is 0.154. The van der Waals surface area contributed by atoms with E-state index in [1.807, 2.05) is 22.6 Å². The lowest BCUT2D eigenvalue weighted by Gasteiger charge is -2.16. The fourth-order valence-corrected chi connectivity index (χ4v) is 2.77. The van der Waals surface area contributed by atoms with E-state index < -0.39 is 23.1 Å². The number of hydrogen-bond donors (Lipinski definition) is 1. The minimum absolute atomic E-state index is 0.0878. The van der Waals surface area contributed by atoms with Crippen molar-refractivity contribution in [2.24, 2.45) is 0 Å². The summed E-state index contributed by atoms with van der Waals surface area (Å²) in [5.41, 5.74) is -0.569. The van der Waals surface area contributed by atoms with Crippen molar-refractivity contribution in [3.63, 3.8) is 0 Å². The number of pyridine rings is 1. The van der Waals surface area contributed by atoms with Crippen molar-refractivity contribution in [3.8, 4) is 0 Å². The molecule has 0 aliphatic carbocycles. The van der Waals surface area contributed by atoms with Crippen molar-refractivity contribution in [3.05, 3.63) is 60.9 Å². The zero-order chi connectivity index (χ0) is 15.8. The Labute approximate surface area is 142 Å². The Morgan fingerprint density at radius 1 is 1.10 bits per heavy atom. The van der Waals surface area contributed by atoms with Crippen molar-refractivity contribution >= 4 is 45.8 Å². The molecule has 2 nitrogen and oxygen atoms in total. The monoisotopic (exact) mass is 447 g/mol. The van der Waals surface area contributed by atoms with Gasteiger partial charge in [0.2, 0.25) is 0 Å². The van der Waals surface area contributed by atoms with Crippen LogP contribution in [0.4, 0.5) is 13.2 Å². The number of hydrogen-bond acceptors (Lipinski definition) is 2. The lowest BCUT2D eigenvalue weighted by Crippen LogP contribution is -2.10. The Kier molecular flexibility index (Phi) is 5.02. The standard InChI is InChI=1S/C13H7Cl2F3INO/c14-6-1-3-9(19)8(5-6)11(21)7-2-4-10(13(16,17)18)20-12(7)15/h1-5,11,21H. The van der Waals surface area contributed by atoms with E-state index in [0.717, 1.165) is 12.1 Å². The molecule has 0 aliphatic rings. The van der Waals surface area contributed by atoms with Gasteiger partial charge in [0, 0.05) is 14.2 Å². The van der Waals surface area contributed by atoms with Crippen LogP contribution in [0.1, 0.15) is 22.9 Å². The summed E-state index contributed by atoms with van der Waals surface area (Å²) < 4.78 is 38.3. The van der Waals surface area contributed by atoms with Crippen LogP contribution in [0, 0.1) is 3.57 Å². The molecule has 1 aromatic heterocycles. The van der Waals surface area contributed by atoms with E-state index in [4.69, 9.17) is 23.2 Å². The maximum atomic E-state index is 12.5. The van der Waals surface area contributed by atoms with Crippen molar-refractivity contribution in [1.29, 1.82) is 0 Å². The zero-order valence-electron chi connectivity index (χ0n) is 10.1. The van der Waals surface area contributed by atoms with Crippen molar-refractivity contribution in [2.45, 2.75) is 12.3 Å². The quantitative estimate of drug-likeness (QED) is 0.513. The van der Waals surface area contributed by atoms with Crippen LogP contribution < -0.4 is 0 Å². The first-order chi connectivity index (χ1) is 9.70. The minimum Gasteiger partial charge on any atom is -0.384 e. The molecule has 1 unspecified atom stereocenters. The van der Waals surface area contributed by atoms with E-state index in [-0.39, 0.29) is 5.56 Å². The van der Waals surface area contributed by atoms with Gasteiger partial charge in [0.25, 0.3) is 0 Å². The lowest BCUT2D eigenvalue weighted by molar-refractivity contribution is -0.141. The molecule has 1 N–H and O–H groups in total. The van der Waals surface area contributed by atoms with Crippen LogP contribution in [0.15, 0.2) is 30.3 Å². The van der Waals surface area contributed by atoms with Gasteiger partial charge in [-0.1, -0.05) is 29.3 Å². The summed E-state index contributed by atoms with van der Waals surface area (Å²) in [6.07, 6.45) is -5.80. The second kappa shape index (κ2) is 6.28. The number of rotatable bonds is 2. The van der Waals surface area contributed by atoms with Gasteiger partial charge in [-0.15, -0.1) is 0 Å². The first kappa shape index (κ1) is 16.8. The van der Waals surface area contributed by atoms with Crippen molar-refractivity contribution in [1.82, 2.24) is 4.98 Å². The molecule has 0 amide bonds. The van der Waals surface area contributed by atoms with E-state index in [1.165, 1.54) is 6.07 Å². The highest BCUT2D eigenvalue weighted by Gasteiger charge is 2.33. The van der Waals surface area contributed by atoms with Crippen LogP contribution in [-0.4, -0.2) is 10.1 Å². The Hall–Kier alpha value is -0.570. The molecular formula is C13H7Cl2F3INO. The van der Waals surface area contributed by atoms with Gasteiger partial charge in [-0.2, -0.15) is 13.2 Å². The summed E-state index contributed by atoms with van der Waals surface area (Å²) >= 11 is 13.6. The summed E-state index contributed by atoms with van der Waals surface area (Å²) in [6.45, 7) is 0. The van der Waals surface area contributed by atoms with Gasteiger partial charge in [0.05, 0.1) is 0 Å². The number of aliphatic hydroxyl groups is 1. The normalized spacial score (nSPS) is 13.3. The first-order valence-corrected chi connectivity index (χ1v) is 7.40. The van der Waals surface area contributed by atoms with Gasteiger partial charge in [-0.3, -0.25) is 0 Å². The smallest absolute Gasteiger partial charge is 0.384 e. The van der Waals surface area contributed by atoms with Gasteiger partial charge < -0.3 is 5.11 Å². The average Bonchev–Trinajstić information content (AvgIpc) is 2.39. The third-order valence-corrected chi connectivity index (χ3v) is 4.24. The molecule has 0 fully saturated rings. The summed E-state index contributed by atoms with van der Waals surface area (Å²) in [7, 11) is 0. The zero-order valence-corrected chi connectivity index (χ0v) is 13.8. The summed E-state index contributed by atoms with van der Waals surface area (Å²) in [6, 6.07) is 6.75. The molecular weight excluding hydrogens is 441 g/mol. The van der Waals surface area contributed by atoms with Gasteiger partial charge in [0.15, 0.2) is 0 Å². The Morgan fingerprint density at radius 2 is 1.76 bits per heavy atom. The van der Waals surface area contributed by atoms with E-state index >= 15 is 0 Å². The summed E-state index contributed by atoms with van der Waals surface area (Å²) in [5.74, 6) is 0. The van der Waals surface area contributed by atoms with Gasteiger partial charge in [-0.25, -0.2) is 4.98 Å². The molecule has 0 saturated carbocycles. The molecule has 0 aliphatic heterocycles. The Balaban J connectivity index is 2.44. The van der Waals surface area contributed by atoms with Crippen LogP contribution in [0.25, 0.3) is 0 Å². The largest absolute Gasteiger partial charge is 0.433 e. The number of nitrogens with zero attached hydrogens (tertiary/aromatic N) is 1. The van der Waals surface area contributed by atoms with E-state index in [9.17, 15) is 18.3 Å². The molecule has 0 bridgehead atoms. The van der Waals surface area contributed by atoms with Crippen LogP contribution >= 0.6 is 45.8 Å². The first-order valence-electron chi connectivity index (χ1n) is 5.57. The van der Waals surface area contributed by atoms with Crippen molar-refractivity contribution in [2.75, 3.05) is 0 Å². The van der Waals surface area contributed by atoms with Crippen LogP contribution in [-0.2, 0) is 6.18 Å². The van der Waals surface area contributed by atoms with Crippen molar-refractivity contribution < 1.29 is 18.3 Å². The fourth-order valence-electron chi connectivity index (χ4n) is 1.70. The maximum absolute atomic E-state index is 12.5. The third-order valence-electron chi connectivity index (χ3n) is 2.72. The van der Waals surface area contributed by atoms with E-state index in [0.29, 0.717) is 14.2 Å². The highest BCUT2D eigenvalue weighted by atomic mass is 127. The summed E-state index contributed by atoms with van der Waals surface area (Å²) in [5, 5.41) is 10.3. The molecule has 1 aromatic carbocycles. The molecule has 1 atom stereocenters. The maximum Gasteiger partial charge on any atom is 0.433 e. The molecule has 2 aromatic rings. The Morgan fingerprint density at radius 3 is 2.33 bits per heavy atom. The molecule has 0 spiro atoms. The highest BCUT2D eigenvalue weighted by molar-refractivity contribution is 14.1. The van der Waals surface area contributed by atoms with Crippen LogP contribution in [0.2, 0.25) is 10.2 Å². The molecule has 112 valence electrons. The van der Waals surface area contributed by atoms with Gasteiger partial charge in [0.1, 0.15) is 17.0 Å². The molecule has 21 heavy (non-hydrogen) atoms. The van der Waals surface area contributed by atoms with Crippen LogP contribution in [0.3, 0.4) is 0 Å². The lowest BCUT2D eigenvalue weighted by atomic mass is 10.0. The molecule has 0 radical (unpaired) electrons. The number of aromatic nitrogens is 1. The molecule has 2 rings (SSSR count). The van der Waals surface area contributed by atoms with Crippen LogP contribution in [0.5, 0.6) is 0 Å². The van der Waals surface area contributed by atoms with Gasteiger partial charge in [-0.05, 0) is 52.4 Å².